The van der Waals surface area contributed by atoms with Crippen LogP contribution in [0.15, 0.2) is 18.2 Å². The van der Waals surface area contributed by atoms with Crippen LogP contribution < -0.4 is 0 Å². The van der Waals surface area contributed by atoms with Crippen molar-refractivity contribution >= 4 is 11.4 Å². The maximum atomic E-state index is 10.6. The zero-order chi connectivity index (χ0) is 11.4. The van der Waals surface area contributed by atoms with Crippen molar-refractivity contribution < 1.29 is 14.6 Å². The number of hydrogen-bond donors (Lipinski definition) is 0. The lowest BCUT2D eigenvalue weighted by Crippen LogP contribution is -2.01. The first-order valence-corrected chi connectivity index (χ1v) is 3.97. The summed E-state index contributed by atoms with van der Waals surface area (Å²) >= 11 is 0. The predicted molar refractivity (Wildman–Crippen MR) is 50.5 cm³/mol. The molecular weight excluding hydrogens is 204 g/mol. The van der Waals surface area contributed by atoms with Gasteiger partial charge in [-0.25, -0.2) is 0 Å². The Kier molecular flexibility index (Phi) is 3.29. The third kappa shape index (κ3) is 2.26. The highest BCUT2D eigenvalue weighted by atomic mass is 16.6. The fourth-order valence-electron chi connectivity index (χ4n) is 1.20. The molecule has 0 aliphatic carbocycles. The minimum atomic E-state index is -0.665. The molecule has 0 spiro atoms. The number of hydrogen-bond acceptors (Lipinski definition) is 5. The maximum absolute atomic E-state index is 10.6. The Bertz CT molecular complexity index is 372. The first-order valence-electron chi connectivity index (χ1n) is 3.97. The van der Waals surface area contributed by atoms with Gasteiger partial charge in [-0.15, -0.1) is 0 Å². The largest absolute Gasteiger partial charge is 0.379 e. The Labute approximate surface area is 84.6 Å². The summed E-state index contributed by atoms with van der Waals surface area (Å²) in [6.45, 7) is -0.159. The van der Waals surface area contributed by atoms with Crippen LogP contribution in [0.3, 0.4) is 0 Å². The topological polar surface area (TPSA) is 95.5 Å². The number of rotatable bonds is 4. The highest BCUT2D eigenvalue weighted by molar-refractivity contribution is 5.53. The third-order valence-electron chi connectivity index (χ3n) is 1.81. The molecular formula is C8H8N2O5. The second kappa shape index (κ2) is 4.47. The highest BCUT2D eigenvalue weighted by Crippen LogP contribution is 2.28. The lowest BCUT2D eigenvalue weighted by atomic mass is 10.1. The number of nitrogens with zero attached hydrogens (tertiary/aromatic N) is 2. The fourth-order valence-corrected chi connectivity index (χ4v) is 1.20. The predicted octanol–water partition coefficient (Wildman–Crippen LogP) is 1.65. The van der Waals surface area contributed by atoms with Crippen LogP contribution >= 0.6 is 0 Å². The van der Waals surface area contributed by atoms with Gasteiger partial charge in [0.15, 0.2) is 0 Å². The van der Waals surface area contributed by atoms with Gasteiger partial charge in [-0.05, 0) is 6.07 Å². The van der Waals surface area contributed by atoms with Crippen molar-refractivity contribution in [2.45, 2.75) is 6.61 Å². The average molecular weight is 212 g/mol. The van der Waals surface area contributed by atoms with Gasteiger partial charge in [0, 0.05) is 19.2 Å². The molecule has 1 aromatic carbocycles. The molecule has 0 unspecified atom stereocenters. The molecule has 0 fully saturated rings. The van der Waals surface area contributed by atoms with Crippen molar-refractivity contribution in [3.05, 3.63) is 44.0 Å². The van der Waals surface area contributed by atoms with Crippen molar-refractivity contribution in [2.75, 3.05) is 7.11 Å². The summed E-state index contributed by atoms with van der Waals surface area (Å²) in [4.78, 5) is 19.9. The average Bonchev–Trinajstić information content (AvgIpc) is 2.17. The van der Waals surface area contributed by atoms with Crippen molar-refractivity contribution in [1.82, 2.24) is 0 Å². The van der Waals surface area contributed by atoms with Crippen LogP contribution in [0.25, 0.3) is 0 Å². The normalized spacial score (nSPS) is 9.93. The van der Waals surface area contributed by atoms with Crippen LogP contribution in [-0.2, 0) is 11.3 Å². The number of ether oxygens (including phenoxy) is 1. The maximum Gasteiger partial charge on any atom is 0.281 e. The van der Waals surface area contributed by atoms with E-state index in [-0.39, 0.29) is 23.5 Å². The molecule has 0 atom stereocenters. The van der Waals surface area contributed by atoms with E-state index >= 15 is 0 Å². The standard InChI is InChI=1S/C8H8N2O5/c1-15-5-6-7(9(11)12)3-2-4-8(6)10(13)14/h2-4H,5H2,1H3. The summed E-state index contributed by atoms with van der Waals surface area (Å²) < 4.78 is 4.70. The minimum absolute atomic E-state index is 0.0185. The molecule has 0 saturated carbocycles. The summed E-state index contributed by atoms with van der Waals surface area (Å²) in [5.41, 5.74) is -0.618. The van der Waals surface area contributed by atoms with Crippen molar-refractivity contribution in [3.8, 4) is 0 Å². The summed E-state index contributed by atoms with van der Waals surface area (Å²) in [5, 5.41) is 21.2. The summed E-state index contributed by atoms with van der Waals surface area (Å²) in [6.07, 6.45) is 0. The Morgan fingerprint density at radius 1 is 1.20 bits per heavy atom. The lowest BCUT2D eigenvalue weighted by molar-refractivity contribution is -0.396. The Morgan fingerprint density at radius 3 is 2.00 bits per heavy atom. The van der Waals surface area contributed by atoms with Gasteiger partial charge >= 0.3 is 0 Å². The quantitative estimate of drug-likeness (QED) is 0.558. The number of nitro benzene ring substituents is 2. The molecule has 0 aromatic heterocycles. The molecule has 0 saturated heterocycles. The van der Waals surface area contributed by atoms with E-state index in [0.29, 0.717) is 0 Å². The monoisotopic (exact) mass is 212 g/mol. The molecule has 7 nitrogen and oxygen atoms in total. The van der Waals surface area contributed by atoms with E-state index in [1.807, 2.05) is 0 Å². The van der Waals surface area contributed by atoms with Crippen LogP contribution in [0.1, 0.15) is 5.56 Å². The third-order valence-corrected chi connectivity index (χ3v) is 1.81. The molecule has 0 amide bonds. The zero-order valence-corrected chi connectivity index (χ0v) is 7.87. The summed E-state index contributed by atoms with van der Waals surface area (Å²) in [7, 11) is 1.32. The van der Waals surface area contributed by atoms with E-state index in [4.69, 9.17) is 4.74 Å². The molecule has 1 rings (SSSR count). The van der Waals surface area contributed by atoms with E-state index < -0.39 is 9.85 Å². The van der Waals surface area contributed by atoms with Gasteiger partial charge in [0.25, 0.3) is 11.4 Å². The van der Waals surface area contributed by atoms with Gasteiger partial charge in [0.1, 0.15) is 5.56 Å². The van der Waals surface area contributed by atoms with E-state index in [1.165, 1.54) is 25.3 Å². The van der Waals surface area contributed by atoms with Crippen molar-refractivity contribution in [2.24, 2.45) is 0 Å². The van der Waals surface area contributed by atoms with Gasteiger partial charge in [-0.2, -0.15) is 0 Å². The van der Waals surface area contributed by atoms with Crippen LogP contribution in [0.2, 0.25) is 0 Å². The van der Waals surface area contributed by atoms with E-state index in [9.17, 15) is 20.2 Å². The molecule has 0 aliphatic heterocycles. The van der Waals surface area contributed by atoms with Crippen LogP contribution in [0.5, 0.6) is 0 Å². The molecule has 0 N–H and O–H groups in total. The smallest absolute Gasteiger partial charge is 0.281 e. The van der Waals surface area contributed by atoms with Crippen LogP contribution in [0, 0.1) is 20.2 Å². The second-order valence-corrected chi connectivity index (χ2v) is 2.72. The molecule has 7 heteroatoms. The van der Waals surface area contributed by atoms with E-state index in [2.05, 4.69) is 0 Å². The lowest BCUT2D eigenvalue weighted by Gasteiger charge is -2.02. The molecule has 0 aliphatic rings. The SMILES string of the molecule is COCc1c([N+](=O)[O-])cccc1[N+](=O)[O-]. The van der Waals surface area contributed by atoms with Gasteiger partial charge in [-0.3, -0.25) is 20.2 Å². The summed E-state index contributed by atoms with van der Waals surface area (Å²) in [5.74, 6) is 0. The fraction of sp³-hybridized carbons (Fsp3) is 0.250. The molecule has 1 aromatic rings. The number of benzene rings is 1. The first-order chi connectivity index (χ1) is 7.07. The Balaban J connectivity index is 3.34. The second-order valence-electron chi connectivity index (χ2n) is 2.72. The van der Waals surface area contributed by atoms with Gasteiger partial charge in [0.2, 0.25) is 0 Å². The number of nitro groups is 2. The molecule has 0 radical (unpaired) electrons. The van der Waals surface area contributed by atoms with Gasteiger partial charge in [0.05, 0.1) is 16.5 Å². The zero-order valence-electron chi connectivity index (χ0n) is 7.87. The van der Waals surface area contributed by atoms with Gasteiger partial charge < -0.3 is 4.74 Å². The van der Waals surface area contributed by atoms with E-state index in [0.717, 1.165) is 0 Å². The Hall–Kier alpha value is -2.02. The van der Waals surface area contributed by atoms with E-state index in [1.54, 1.807) is 0 Å². The molecule has 15 heavy (non-hydrogen) atoms. The van der Waals surface area contributed by atoms with Crippen molar-refractivity contribution in [3.63, 3.8) is 0 Å². The van der Waals surface area contributed by atoms with Crippen LogP contribution in [-0.4, -0.2) is 17.0 Å². The van der Waals surface area contributed by atoms with Crippen LogP contribution in [0.4, 0.5) is 11.4 Å². The molecule has 80 valence electrons. The number of methoxy groups -OCH3 is 1. The minimum Gasteiger partial charge on any atom is -0.379 e. The first kappa shape index (κ1) is 11.1. The molecule has 0 bridgehead atoms. The Morgan fingerprint density at radius 2 is 1.67 bits per heavy atom. The van der Waals surface area contributed by atoms with Crippen molar-refractivity contribution in [1.29, 1.82) is 0 Å². The van der Waals surface area contributed by atoms with Gasteiger partial charge in [-0.1, -0.05) is 0 Å². The molecule has 0 heterocycles. The summed E-state index contributed by atoms with van der Waals surface area (Å²) in [6, 6.07) is 3.69. The highest BCUT2D eigenvalue weighted by Gasteiger charge is 2.23.